The first-order valence-electron chi connectivity index (χ1n) is 6.34. The minimum Gasteiger partial charge on any atom is -0.381 e. The maximum atomic E-state index is 12.2. The van der Waals surface area contributed by atoms with Crippen molar-refractivity contribution in [1.29, 1.82) is 0 Å². The first-order chi connectivity index (χ1) is 8.18. The first kappa shape index (κ1) is 12.8. The van der Waals surface area contributed by atoms with Crippen molar-refractivity contribution in [2.24, 2.45) is 17.6 Å². The van der Waals surface area contributed by atoms with E-state index in [1.807, 2.05) is 7.05 Å². The van der Waals surface area contributed by atoms with E-state index in [1.54, 1.807) is 4.90 Å². The molecule has 98 valence electrons. The van der Waals surface area contributed by atoms with Crippen LogP contribution in [0, 0.1) is 11.8 Å². The summed E-state index contributed by atoms with van der Waals surface area (Å²) in [6, 6.07) is -0.146. The molecule has 5 nitrogen and oxygen atoms in total. The molecule has 0 aromatic carbocycles. The summed E-state index contributed by atoms with van der Waals surface area (Å²) >= 11 is 0. The van der Waals surface area contributed by atoms with Gasteiger partial charge in [-0.15, -0.1) is 0 Å². The summed E-state index contributed by atoms with van der Waals surface area (Å²) in [5.74, 6) is 0.418. The predicted molar refractivity (Wildman–Crippen MR) is 63.5 cm³/mol. The number of amides is 1. The van der Waals surface area contributed by atoms with Gasteiger partial charge in [-0.1, -0.05) is 0 Å². The van der Waals surface area contributed by atoms with E-state index in [-0.39, 0.29) is 17.9 Å². The Kier molecular flexibility index (Phi) is 4.36. The lowest BCUT2D eigenvalue weighted by Gasteiger charge is -2.29. The molecule has 2 N–H and O–H groups in total. The van der Waals surface area contributed by atoms with Crippen LogP contribution in [0.25, 0.3) is 0 Å². The van der Waals surface area contributed by atoms with E-state index in [2.05, 4.69) is 0 Å². The average Bonchev–Trinajstić information content (AvgIpc) is 2.76. The highest BCUT2D eigenvalue weighted by Gasteiger charge is 2.33. The van der Waals surface area contributed by atoms with Crippen molar-refractivity contribution in [3.8, 4) is 0 Å². The number of hydrogen-bond donors (Lipinski definition) is 1. The largest absolute Gasteiger partial charge is 0.381 e. The Hall–Kier alpha value is -0.650. The molecule has 0 spiro atoms. The van der Waals surface area contributed by atoms with Crippen LogP contribution in [0.5, 0.6) is 0 Å². The summed E-state index contributed by atoms with van der Waals surface area (Å²) < 4.78 is 10.7. The number of ether oxygens (including phenoxy) is 2. The van der Waals surface area contributed by atoms with Crippen LogP contribution in [0.4, 0.5) is 0 Å². The highest BCUT2D eigenvalue weighted by Crippen LogP contribution is 2.18. The van der Waals surface area contributed by atoms with Gasteiger partial charge in [-0.25, -0.2) is 0 Å². The molecule has 3 atom stereocenters. The molecule has 0 aliphatic carbocycles. The van der Waals surface area contributed by atoms with Crippen molar-refractivity contribution in [2.75, 3.05) is 40.0 Å². The van der Waals surface area contributed by atoms with Gasteiger partial charge in [0.1, 0.15) is 0 Å². The molecule has 2 saturated heterocycles. The molecule has 0 saturated carbocycles. The molecule has 0 aromatic heterocycles. The third-order valence-electron chi connectivity index (χ3n) is 3.60. The van der Waals surface area contributed by atoms with Gasteiger partial charge in [0, 0.05) is 26.2 Å². The van der Waals surface area contributed by atoms with Crippen LogP contribution in [0.15, 0.2) is 0 Å². The summed E-state index contributed by atoms with van der Waals surface area (Å²) in [6.45, 7) is 3.35. The van der Waals surface area contributed by atoms with Gasteiger partial charge in [0.25, 0.3) is 0 Å². The van der Waals surface area contributed by atoms with Crippen LogP contribution in [0.3, 0.4) is 0 Å². The summed E-state index contributed by atoms with van der Waals surface area (Å²) in [5, 5.41) is 0. The second-order valence-corrected chi connectivity index (χ2v) is 5.11. The Balaban J connectivity index is 1.81. The number of nitrogens with two attached hydrogens (primary N) is 1. The molecule has 0 bridgehead atoms. The molecule has 3 unspecified atom stereocenters. The third kappa shape index (κ3) is 3.18. The smallest absolute Gasteiger partial charge is 0.229 e. The monoisotopic (exact) mass is 242 g/mol. The average molecular weight is 242 g/mol. The Bertz CT molecular complexity index is 266. The SMILES string of the molecule is CN(CC1CCCOC1)C(=O)C1COCC1N. The van der Waals surface area contributed by atoms with E-state index in [0.717, 1.165) is 32.6 Å². The molecular formula is C12H22N2O3. The number of rotatable bonds is 3. The Morgan fingerprint density at radius 3 is 2.76 bits per heavy atom. The standard InChI is InChI=1S/C12H22N2O3/c1-14(5-9-3-2-4-16-6-9)12(15)10-7-17-8-11(10)13/h9-11H,2-8,13H2,1H3. The summed E-state index contributed by atoms with van der Waals surface area (Å²) in [6.07, 6.45) is 2.24. The lowest BCUT2D eigenvalue weighted by Crippen LogP contribution is -2.44. The molecule has 0 aromatic rings. The summed E-state index contributed by atoms with van der Waals surface area (Å²) in [4.78, 5) is 13.9. The van der Waals surface area contributed by atoms with Crippen molar-refractivity contribution in [1.82, 2.24) is 4.90 Å². The van der Waals surface area contributed by atoms with Crippen LogP contribution in [0.1, 0.15) is 12.8 Å². The first-order valence-corrected chi connectivity index (χ1v) is 6.34. The van der Waals surface area contributed by atoms with Crippen LogP contribution in [-0.4, -0.2) is 56.9 Å². The molecule has 1 amide bonds. The van der Waals surface area contributed by atoms with E-state index in [4.69, 9.17) is 15.2 Å². The fourth-order valence-electron chi connectivity index (χ4n) is 2.54. The fraction of sp³-hybridized carbons (Fsp3) is 0.917. The maximum Gasteiger partial charge on any atom is 0.229 e. The van der Waals surface area contributed by atoms with Crippen molar-refractivity contribution in [3.05, 3.63) is 0 Å². The minimum atomic E-state index is -0.162. The Morgan fingerprint density at radius 2 is 2.18 bits per heavy atom. The van der Waals surface area contributed by atoms with Gasteiger partial charge in [0.2, 0.25) is 5.91 Å². The van der Waals surface area contributed by atoms with Gasteiger partial charge < -0.3 is 20.1 Å². The molecule has 2 aliphatic heterocycles. The van der Waals surface area contributed by atoms with Gasteiger partial charge in [-0.2, -0.15) is 0 Å². The number of nitrogens with zero attached hydrogens (tertiary/aromatic N) is 1. The van der Waals surface area contributed by atoms with Crippen molar-refractivity contribution in [2.45, 2.75) is 18.9 Å². The lowest BCUT2D eigenvalue weighted by atomic mass is 9.99. The van der Waals surface area contributed by atoms with E-state index in [9.17, 15) is 4.79 Å². The quantitative estimate of drug-likeness (QED) is 0.747. The number of hydrogen-bond acceptors (Lipinski definition) is 4. The molecule has 2 fully saturated rings. The van der Waals surface area contributed by atoms with E-state index >= 15 is 0 Å². The van der Waals surface area contributed by atoms with Crippen molar-refractivity contribution < 1.29 is 14.3 Å². The van der Waals surface area contributed by atoms with Gasteiger partial charge in [-0.05, 0) is 18.8 Å². The molecule has 2 rings (SSSR count). The molecule has 2 aliphatic rings. The van der Waals surface area contributed by atoms with Gasteiger partial charge in [-0.3, -0.25) is 4.79 Å². The van der Waals surface area contributed by atoms with Crippen LogP contribution in [0.2, 0.25) is 0 Å². The van der Waals surface area contributed by atoms with E-state index in [0.29, 0.717) is 19.1 Å². The van der Waals surface area contributed by atoms with Crippen LogP contribution >= 0.6 is 0 Å². The van der Waals surface area contributed by atoms with Crippen LogP contribution < -0.4 is 5.73 Å². The molecule has 5 heteroatoms. The Labute approximate surface area is 102 Å². The fourth-order valence-corrected chi connectivity index (χ4v) is 2.54. The summed E-state index contributed by atoms with van der Waals surface area (Å²) in [7, 11) is 1.85. The zero-order chi connectivity index (χ0) is 12.3. The van der Waals surface area contributed by atoms with E-state index in [1.165, 1.54) is 0 Å². The molecule has 0 radical (unpaired) electrons. The highest BCUT2D eigenvalue weighted by molar-refractivity contribution is 5.79. The van der Waals surface area contributed by atoms with Crippen molar-refractivity contribution >= 4 is 5.91 Å². The lowest BCUT2D eigenvalue weighted by molar-refractivity contribution is -0.135. The zero-order valence-corrected chi connectivity index (χ0v) is 10.4. The topological polar surface area (TPSA) is 64.8 Å². The Morgan fingerprint density at radius 1 is 1.35 bits per heavy atom. The zero-order valence-electron chi connectivity index (χ0n) is 10.4. The number of carbonyl (C=O) groups excluding carboxylic acids is 1. The van der Waals surface area contributed by atoms with Crippen LogP contribution in [-0.2, 0) is 14.3 Å². The summed E-state index contributed by atoms with van der Waals surface area (Å²) in [5.41, 5.74) is 5.85. The number of carbonyl (C=O) groups is 1. The predicted octanol–water partition coefficient (Wildman–Crippen LogP) is -0.155. The van der Waals surface area contributed by atoms with Gasteiger partial charge in [0.15, 0.2) is 0 Å². The third-order valence-corrected chi connectivity index (χ3v) is 3.60. The maximum absolute atomic E-state index is 12.2. The highest BCUT2D eigenvalue weighted by atomic mass is 16.5. The second-order valence-electron chi connectivity index (χ2n) is 5.11. The van der Waals surface area contributed by atoms with Crippen molar-refractivity contribution in [3.63, 3.8) is 0 Å². The van der Waals surface area contributed by atoms with E-state index < -0.39 is 0 Å². The second kappa shape index (κ2) is 5.80. The molecule has 2 heterocycles. The van der Waals surface area contributed by atoms with Gasteiger partial charge in [0.05, 0.1) is 25.7 Å². The molecular weight excluding hydrogens is 220 g/mol. The normalized spacial score (nSPS) is 33.6. The molecule has 17 heavy (non-hydrogen) atoms. The minimum absolute atomic E-state index is 0.112. The van der Waals surface area contributed by atoms with Gasteiger partial charge >= 0.3 is 0 Å².